The molecule has 2 aromatic carbocycles. The molecule has 0 spiro atoms. The Bertz CT molecular complexity index is 550. The van der Waals surface area contributed by atoms with Crippen LogP contribution in [0.2, 0.25) is 0 Å². The van der Waals surface area contributed by atoms with Crippen LogP contribution in [0.25, 0.3) is 0 Å². The van der Waals surface area contributed by atoms with Gasteiger partial charge in [0.25, 0.3) is 0 Å². The summed E-state index contributed by atoms with van der Waals surface area (Å²) in [7, 11) is -6.81. The molecule has 96 valence electrons. The third-order valence-electron chi connectivity index (χ3n) is 3.14. The van der Waals surface area contributed by atoms with Crippen molar-refractivity contribution in [1.82, 2.24) is 0 Å². The summed E-state index contributed by atoms with van der Waals surface area (Å²) < 4.78 is 43.8. The van der Waals surface area contributed by atoms with E-state index >= 15 is 0 Å². The standard InChI is InChI=1S/C14H14F3Si/c1-11-7-6-8-12(2)14(11)18(15,16,17)13-9-4-3-5-10-13/h3-10H,1-2H3/q-1. The fourth-order valence-corrected chi connectivity index (χ4v) is 4.79. The fraction of sp³-hybridized carbons (Fsp3) is 0.143. The van der Waals surface area contributed by atoms with E-state index in [-0.39, 0.29) is 0 Å². The van der Waals surface area contributed by atoms with Crippen molar-refractivity contribution in [1.29, 1.82) is 0 Å². The molecule has 0 unspecified atom stereocenters. The molecule has 0 aliphatic rings. The van der Waals surface area contributed by atoms with E-state index < -0.39 is 18.7 Å². The molecular formula is C14H14F3Si-. The van der Waals surface area contributed by atoms with Crippen LogP contribution in [0.1, 0.15) is 11.1 Å². The minimum atomic E-state index is -6.81. The summed E-state index contributed by atoms with van der Waals surface area (Å²) in [5, 5.41) is -0.904. The van der Waals surface area contributed by atoms with Crippen LogP contribution in [0, 0.1) is 13.8 Å². The fourth-order valence-electron chi connectivity index (χ4n) is 2.31. The molecule has 4 heteroatoms. The maximum absolute atomic E-state index is 14.6. The number of hydrogen-bond acceptors (Lipinski definition) is 0. The summed E-state index contributed by atoms with van der Waals surface area (Å²) in [6.45, 7) is 3.05. The Balaban J connectivity index is 2.75. The molecule has 0 radical (unpaired) electrons. The second kappa shape index (κ2) is 3.98. The van der Waals surface area contributed by atoms with Crippen molar-refractivity contribution in [3.63, 3.8) is 0 Å². The molecular weight excluding hydrogens is 253 g/mol. The summed E-state index contributed by atoms with van der Waals surface area (Å²) in [6, 6.07) is 11.5. The van der Waals surface area contributed by atoms with Gasteiger partial charge in [-0.1, -0.05) is 0 Å². The predicted molar refractivity (Wildman–Crippen MR) is 70.7 cm³/mol. The molecule has 2 aromatic rings. The zero-order valence-electron chi connectivity index (χ0n) is 10.3. The van der Waals surface area contributed by atoms with Crippen molar-refractivity contribution in [3.8, 4) is 0 Å². The Morgan fingerprint density at radius 1 is 0.722 bits per heavy atom. The molecule has 0 amide bonds. The second-order valence-corrected chi connectivity index (χ2v) is 7.43. The number of halogens is 3. The van der Waals surface area contributed by atoms with Crippen LogP contribution in [0.3, 0.4) is 0 Å². The van der Waals surface area contributed by atoms with E-state index in [9.17, 15) is 12.3 Å². The molecule has 0 aromatic heterocycles. The summed E-state index contributed by atoms with van der Waals surface area (Å²) >= 11 is 0. The summed E-state index contributed by atoms with van der Waals surface area (Å²) in [4.78, 5) is 0. The first-order valence-electron chi connectivity index (χ1n) is 5.72. The SMILES string of the molecule is Cc1cccc(C)c1[Si-](F)(F)(F)c1ccccc1. The first kappa shape index (κ1) is 12.9. The van der Waals surface area contributed by atoms with Gasteiger partial charge < -0.3 is 0 Å². The average molecular weight is 267 g/mol. The average Bonchev–Trinajstić information content (AvgIpc) is 2.29. The third kappa shape index (κ3) is 1.97. The van der Waals surface area contributed by atoms with Crippen molar-refractivity contribution in [2.45, 2.75) is 13.8 Å². The molecule has 0 fully saturated rings. The topological polar surface area (TPSA) is 0 Å². The van der Waals surface area contributed by atoms with Gasteiger partial charge in [-0.3, -0.25) is 0 Å². The first-order valence-corrected chi connectivity index (χ1v) is 7.86. The molecule has 0 heterocycles. The van der Waals surface area contributed by atoms with Gasteiger partial charge in [-0.2, -0.15) is 0 Å². The summed E-state index contributed by atoms with van der Waals surface area (Å²) in [5.41, 5.74) is 0.611. The van der Waals surface area contributed by atoms with Gasteiger partial charge in [-0.25, -0.2) is 0 Å². The van der Waals surface area contributed by atoms with E-state index in [4.69, 9.17) is 0 Å². The van der Waals surface area contributed by atoms with Crippen LogP contribution in [0.15, 0.2) is 48.5 Å². The molecule has 0 saturated carbocycles. The first-order chi connectivity index (χ1) is 8.31. The molecule has 0 atom stereocenters. The molecule has 0 aliphatic carbocycles. The zero-order valence-corrected chi connectivity index (χ0v) is 11.3. The van der Waals surface area contributed by atoms with Crippen LogP contribution in [0.4, 0.5) is 12.3 Å². The Morgan fingerprint density at radius 3 is 1.72 bits per heavy atom. The van der Waals surface area contributed by atoms with E-state index in [1.165, 1.54) is 50.2 Å². The van der Waals surface area contributed by atoms with Crippen molar-refractivity contribution < 1.29 is 12.3 Å². The zero-order chi connectivity index (χ0) is 13.4. The molecule has 0 saturated heterocycles. The van der Waals surface area contributed by atoms with Crippen molar-refractivity contribution >= 4 is 18.7 Å². The molecule has 2 rings (SSSR count). The van der Waals surface area contributed by atoms with E-state index in [1.807, 2.05) is 0 Å². The van der Waals surface area contributed by atoms with Gasteiger partial charge in [0, 0.05) is 0 Å². The van der Waals surface area contributed by atoms with Crippen molar-refractivity contribution in [2.75, 3.05) is 0 Å². The molecule has 0 nitrogen and oxygen atoms in total. The molecule has 0 aliphatic heterocycles. The predicted octanol–water partition coefficient (Wildman–Crippen LogP) is 3.22. The van der Waals surface area contributed by atoms with Crippen LogP contribution >= 0.6 is 0 Å². The minimum absolute atomic E-state index is 0.305. The van der Waals surface area contributed by atoms with Gasteiger partial charge in [-0.05, 0) is 0 Å². The quantitative estimate of drug-likeness (QED) is 0.579. The van der Waals surface area contributed by atoms with Crippen molar-refractivity contribution in [3.05, 3.63) is 59.7 Å². The summed E-state index contributed by atoms with van der Waals surface area (Å²) in [5.74, 6) is 0. The van der Waals surface area contributed by atoms with Gasteiger partial charge >= 0.3 is 105 Å². The van der Waals surface area contributed by atoms with E-state index in [0.717, 1.165) is 0 Å². The van der Waals surface area contributed by atoms with Gasteiger partial charge in [-0.15, -0.1) is 0 Å². The molecule has 0 N–H and O–H groups in total. The third-order valence-corrected chi connectivity index (χ3v) is 6.02. The number of rotatable bonds is 2. The van der Waals surface area contributed by atoms with Gasteiger partial charge in [0.15, 0.2) is 0 Å². The monoisotopic (exact) mass is 267 g/mol. The van der Waals surface area contributed by atoms with Crippen molar-refractivity contribution in [2.24, 2.45) is 0 Å². The Morgan fingerprint density at radius 2 is 1.22 bits per heavy atom. The van der Waals surface area contributed by atoms with Gasteiger partial charge in [0.1, 0.15) is 0 Å². The molecule has 0 bridgehead atoms. The summed E-state index contributed by atoms with van der Waals surface area (Å²) in [6.07, 6.45) is 0. The second-order valence-electron chi connectivity index (χ2n) is 4.54. The number of hydrogen-bond donors (Lipinski definition) is 0. The Kier molecular flexibility index (Phi) is 2.85. The normalized spacial score (nSPS) is 13.9. The van der Waals surface area contributed by atoms with Gasteiger partial charge in [0.2, 0.25) is 0 Å². The maximum atomic E-state index is 14.6. The van der Waals surface area contributed by atoms with E-state index in [1.54, 1.807) is 12.1 Å². The number of aryl methyl sites for hydroxylation is 2. The van der Waals surface area contributed by atoms with Crippen LogP contribution in [-0.4, -0.2) is 8.35 Å². The van der Waals surface area contributed by atoms with Gasteiger partial charge in [0.05, 0.1) is 0 Å². The number of benzene rings is 2. The van der Waals surface area contributed by atoms with Crippen LogP contribution in [0.5, 0.6) is 0 Å². The van der Waals surface area contributed by atoms with E-state index in [2.05, 4.69) is 0 Å². The molecule has 18 heavy (non-hydrogen) atoms. The van der Waals surface area contributed by atoms with Crippen LogP contribution in [-0.2, 0) is 0 Å². The van der Waals surface area contributed by atoms with Crippen LogP contribution < -0.4 is 10.4 Å². The Labute approximate surface area is 105 Å². The Hall–Kier alpha value is -1.55. The van der Waals surface area contributed by atoms with E-state index in [0.29, 0.717) is 11.1 Å².